The highest BCUT2D eigenvalue weighted by Crippen LogP contribution is 2.27. The van der Waals surface area contributed by atoms with Crippen LogP contribution in [-0.2, 0) is 21.4 Å². The summed E-state index contributed by atoms with van der Waals surface area (Å²) in [6, 6.07) is 21.8. The minimum absolute atomic E-state index is 0.000653. The van der Waals surface area contributed by atoms with E-state index in [0.29, 0.717) is 17.1 Å². The van der Waals surface area contributed by atoms with E-state index >= 15 is 0 Å². The van der Waals surface area contributed by atoms with E-state index in [2.05, 4.69) is 11.5 Å². The Labute approximate surface area is 263 Å². The standard InChI is InChI=1S/C32H37ClN4O6S/c1-3-36(32(38)43-24-25-12-14-30(15-13-25)37(39)40)29-17-20-35(21-18-29)19-16-27(26-8-7-9-28(33)22-26)23-34(2)44(41,42)31-10-5-4-6-11-31/h3-15,22,27,29H,1,16-21,23-24H2,2H3/t27-/m1/s1. The Morgan fingerprint density at radius 1 is 1.11 bits per heavy atom. The molecule has 234 valence electrons. The third-order valence-electron chi connectivity index (χ3n) is 7.91. The Bertz CT molecular complexity index is 1530. The molecule has 0 radical (unpaired) electrons. The van der Waals surface area contributed by atoms with Crippen molar-refractivity contribution in [2.45, 2.75) is 42.7 Å². The number of hydrogen-bond donors (Lipinski definition) is 0. The first kappa shape index (κ1) is 33.1. The van der Waals surface area contributed by atoms with Crippen LogP contribution in [0.3, 0.4) is 0 Å². The molecule has 0 saturated carbocycles. The summed E-state index contributed by atoms with van der Waals surface area (Å²) in [6.45, 7) is 6.37. The van der Waals surface area contributed by atoms with Gasteiger partial charge in [-0.05, 0) is 79.3 Å². The fourth-order valence-corrected chi connectivity index (χ4v) is 6.81. The van der Waals surface area contributed by atoms with Gasteiger partial charge in [-0.15, -0.1) is 0 Å². The van der Waals surface area contributed by atoms with Crippen molar-refractivity contribution < 1.29 is 22.9 Å². The van der Waals surface area contributed by atoms with Crippen LogP contribution < -0.4 is 0 Å². The number of hydrogen-bond acceptors (Lipinski definition) is 7. The number of sulfonamides is 1. The van der Waals surface area contributed by atoms with E-state index in [9.17, 15) is 23.3 Å². The van der Waals surface area contributed by atoms with Gasteiger partial charge in [-0.1, -0.05) is 48.5 Å². The van der Waals surface area contributed by atoms with Gasteiger partial charge in [-0.3, -0.25) is 15.0 Å². The van der Waals surface area contributed by atoms with Crippen molar-refractivity contribution >= 4 is 33.4 Å². The van der Waals surface area contributed by atoms with Crippen molar-refractivity contribution in [3.63, 3.8) is 0 Å². The van der Waals surface area contributed by atoms with Crippen LogP contribution >= 0.6 is 11.6 Å². The normalized spacial score (nSPS) is 15.1. The number of likely N-dealkylation sites (N-methyl/N-ethyl adjacent to an activating group) is 1. The number of benzene rings is 3. The lowest BCUT2D eigenvalue weighted by atomic mass is 9.94. The Morgan fingerprint density at radius 2 is 1.80 bits per heavy atom. The smallest absolute Gasteiger partial charge is 0.414 e. The van der Waals surface area contributed by atoms with Crippen molar-refractivity contribution in [1.29, 1.82) is 0 Å². The summed E-state index contributed by atoms with van der Waals surface area (Å²) >= 11 is 6.30. The van der Waals surface area contributed by atoms with Crippen molar-refractivity contribution in [3.05, 3.63) is 118 Å². The molecule has 1 atom stereocenters. The molecule has 10 nitrogen and oxygen atoms in total. The lowest BCUT2D eigenvalue weighted by Gasteiger charge is -2.37. The Morgan fingerprint density at radius 3 is 2.41 bits per heavy atom. The van der Waals surface area contributed by atoms with Gasteiger partial charge in [0.15, 0.2) is 0 Å². The molecular weight excluding hydrogens is 604 g/mol. The van der Waals surface area contributed by atoms with E-state index in [1.54, 1.807) is 55.6 Å². The lowest BCUT2D eigenvalue weighted by Crippen LogP contribution is -2.45. The second-order valence-corrected chi connectivity index (χ2v) is 13.3. The predicted molar refractivity (Wildman–Crippen MR) is 170 cm³/mol. The third-order valence-corrected chi connectivity index (χ3v) is 9.98. The number of nitro groups is 1. The minimum atomic E-state index is -3.65. The van der Waals surface area contributed by atoms with Gasteiger partial charge < -0.3 is 9.64 Å². The predicted octanol–water partition coefficient (Wildman–Crippen LogP) is 6.29. The highest BCUT2D eigenvalue weighted by Gasteiger charge is 2.29. The average molecular weight is 641 g/mol. The largest absolute Gasteiger partial charge is 0.444 e. The highest BCUT2D eigenvalue weighted by molar-refractivity contribution is 7.89. The summed E-state index contributed by atoms with van der Waals surface area (Å²) in [4.78, 5) is 27.3. The molecule has 1 amide bonds. The Kier molecular flexibility index (Phi) is 11.5. The number of likely N-dealkylation sites (tertiary alicyclic amines) is 1. The fraction of sp³-hybridized carbons (Fsp3) is 0.344. The highest BCUT2D eigenvalue weighted by atomic mass is 35.5. The molecule has 1 heterocycles. The number of carbonyl (C=O) groups excluding carboxylic acids is 1. The molecule has 3 aromatic carbocycles. The van der Waals surface area contributed by atoms with E-state index in [0.717, 1.165) is 44.5 Å². The maximum atomic E-state index is 13.2. The van der Waals surface area contributed by atoms with Crippen LogP contribution in [-0.4, -0.2) is 72.8 Å². The van der Waals surface area contributed by atoms with Gasteiger partial charge in [0, 0.05) is 56.1 Å². The molecule has 3 aromatic rings. The van der Waals surface area contributed by atoms with Crippen LogP contribution in [0.15, 0.2) is 96.5 Å². The first-order valence-corrected chi connectivity index (χ1v) is 16.2. The molecule has 1 aliphatic heterocycles. The molecular formula is C32H37ClN4O6S. The number of carbonyl (C=O) groups is 1. The Hall–Kier alpha value is -3.77. The number of ether oxygens (including phenoxy) is 1. The van der Waals surface area contributed by atoms with Crippen molar-refractivity contribution in [3.8, 4) is 0 Å². The molecule has 0 spiro atoms. The fourth-order valence-electron chi connectivity index (χ4n) is 5.37. The number of piperidine rings is 1. The van der Waals surface area contributed by atoms with Gasteiger partial charge in [-0.2, -0.15) is 0 Å². The van der Waals surface area contributed by atoms with Crippen molar-refractivity contribution in [2.24, 2.45) is 0 Å². The number of nitro benzene ring substituents is 1. The number of amides is 1. The summed E-state index contributed by atoms with van der Waals surface area (Å²) in [5.41, 5.74) is 1.61. The average Bonchev–Trinajstić information content (AvgIpc) is 3.03. The van der Waals surface area contributed by atoms with Crippen LogP contribution in [0.2, 0.25) is 5.02 Å². The van der Waals surface area contributed by atoms with Crippen LogP contribution in [0.5, 0.6) is 0 Å². The summed E-state index contributed by atoms with van der Waals surface area (Å²) in [5.74, 6) is -0.0750. The van der Waals surface area contributed by atoms with E-state index in [1.165, 1.54) is 27.5 Å². The minimum Gasteiger partial charge on any atom is -0.444 e. The van der Waals surface area contributed by atoms with Gasteiger partial charge in [0.05, 0.1) is 9.82 Å². The molecule has 0 unspecified atom stereocenters. The maximum Gasteiger partial charge on any atom is 0.414 e. The first-order chi connectivity index (χ1) is 21.1. The van der Waals surface area contributed by atoms with E-state index in [1.807, 2.05) is 18.2 Å². The molecule has 0 aromatic heterocycles. The summed E-state index contributed by atoms with van der Waals surface area (Å²) < 4.78 is 33.3. The maximum absolute atomic E-state index is 13.2. The molecule has 4 rings (SSSR count). The Balaban J connectivity index is 1.32. The monoisotopic (exact) mass is 640 g/mol. The van der Waals surface area contributed by atoms with Gasteiger partial charge in [0.2, 0.25) is 10.0 Å². The molecule has 0 aliphatic carbocycles. The molecule has 44 heavy (non-hydrogen) atoms. The number of non-ortho nitro benzene ring substituents is 1. The second-order valence-electron chi connectivity index (χ2n) is 10.8. The zero-order valence-corrected chi connectivity index (χ0v) is 26.2. The summed E-state index contributed by atoms with van der Waals surface area (Å²) in [5, 5.41) is 11.5. The topological polar surface area (TPSA) is 113 Å². The van der Waals surface area contributed by atoms with Gasteiger partial charge in [0.25, 0.3) is 5.69 Å². The number of rotatable bonds is 13. The number of halogens is 1. The lowest BCUT2D eigenvalue weighted by molar-refractivity contribution is -0.384. The summed E-state index contributed by atoms with van der Waals surface area (Å²) in [6.07, 6.45) is 3.14. The van der Waals surface area contributed by atoms with E-state index in [4.69, 9.17) is 16.3 Å². The quantitative estimate of drug-likeness (QED) is 0.159. The molecule has 1 fully saturated rings. The molecule has 0 N–H and O–H groups in total. The third kappa shape index (κ3) is 8.66. The van der Waals surface area contributed by atoms with Crippen molar-refractivity contribution in [2.75, 3.05) is 33.2 Å². The van der Waals surface area contributed by atoms with Crippen LogP contribution in [0.4, 0.5) is 10.5 Å². The second kappa shape index (κ2) is 15.3. The van der Waals surface area contributed by atoms with Crippen LogP contribution in [0.1, 0.15) is 36.3 Å². The van der Waals surface area contributed by atoms with Crippen LogP contribution in [0.25, 0.3) is 0 Å². The molecule has 12 heteroatoms. The zero-order valence-electron chi connectivity index (χ0n) is 24.6. The molecule has 0 bridgehead atoms. The zero-order chi connectivity index (χ0) is 31.7. The molecule has 1 aliphatic rings. The van der Waals surface area contributed by atoms with Gasteiger partial charge in [0.1, 0.15) is 6.61 Å². The van der Waals surface area contributed by atoms with Gasteiger partial charge in [-0.25, -0.2) is 17.5 Å². The van der Waals surface area contributed by atoms with E-state index in [-0.39, 0.29) is 29.1 Å². The summed E-state index contributed by atoms with van der Waals surface area (Å²) in [7, 11) is -2.04. The van der Waals surface area contributed by atoms with Crippen molar-refractivity contribution in [1.82, 2.24) is 14.1 Å². The van der Waals surface area contributed by atoms with Gasteiger partial charge >= 0.3 is 6.09 Å². The van der Waals surface area contributed by atoms with E-state index < -0.39 is 21.0 Å². The van der Waals surface area contributed by atoms with Crippen LogP contribution in [0, 0.1) is 10.1 Å². The molecule has 1 saturated heterocycles. The SMILES string of the molecule is C=CN(C(=O)OCc1ccc([N+](=O)[O-])cc1)C1CCN(CC[C@H](CN(C)S(=O)(=O)c2ccccc2)c2cccc(Cl)c2)CC1. The first-order valence-electron chi connectivity index (χ1n) is 14.4. The number of nitrogens with zero attached hydrogens (tertiary/aromatic N) is 4.